The summed E-state index contributed by atoms with van der Waals surface area (Å²) in [5.74, 6) is -0.765. The Kier molecular flexibility index (Phi) is 4.01. The highest BCUT2D eigenvalue weighted by Gasteiger charge is 2.27. The number of aromatic nitrogens is 2. The minimum atomic E-state index is -0.798. The number of anilines is 1. The van der Waals surface area contributed by atoms with Crippen LogP contribution in [0.3, 0.4) is 0 Å². The first-order valence-corrected chi connectivity index (χ1v) is 9.06. The number of nitrogens with zero attached hydrogens (tertiary/aromatic N) is 2. The SMILES string of the molecule is O=C(O)[C@H]1CCCN(c2nc3c(-c4ccccc4)csc3c(=O)[nH]2)C1. The van der Waals surface area contributed by atoms with Crippen LogP contribution >= 0.6 is 11.3 Å². The number of carboxylic acids is 1. The first kappa shape index (κ1) is 15.8. The van der Waals surface area contributed by atoms with Crippen LogP contribution in [-0.4, -0.2) is 34.1 Å². The van der Waals surface area contributed by atoms with Gasteiger partial charge in [0.05, 0.1) is 11.4 Å². The van der Waals surface area contributed by atoms with E-state index in [1.54, 1.807) is 0 Å². The Balaban J connectivity index is 1.78. The van der Waals surface area contributed by atoms with Crippen LogP contribution in [0.15, 0.2) is 40.5 Å². The Morgan fingerprint density at radius 2 is 2.12 bits per heavy atom. The topological polar surface area (TPSA) is 86.3 Å². The van der Waals surface area contributed by atoms with Crippen LogP contribution in [0.2, 0.25) is 0 Å². The number of benzene rings is 1. The molecule has 0 radical (unpaired) electrons. The molecule has 1 fully saturated rings. The van der Waals surface area contributed by atoms with E-state index in [-0.39, 0.29) is 5.56 Å². The highest BCUT2D eigenvalue weighted by Crippen LogP contribution is 2.32. The van der Waals surface area contributed by atoms with E-state index in [0.29, 0.717) is 35.7 Å². The van der Waals surface area contributed by atoms with Crippen LogP contribution in [0, 0.1) is 5.92 Å². The Morgan fingerprint density at radius 3 is 2.88 bits per heavy atom. The average molecular weight is 355 g/mol. The van der Waals surface area contributed by atoms with Crippen molar-refractivity contribution in [2.75, 3.05) is 18.0 Å². The van der Waals surface area contributed by atoms with E-state index in [4.69, 9.17) is 0 Å². The normalized spacial score (nSPS) is 17.8. The number of fused-ring (bicyclic) bond motifs is 1. The molecule has 0 unspecified atom stereocenters. The summed E-state index contributed by atoms with van der Waals surface area (Å²) in [5.41, 5.74) is 2.44. The lowest BCUT2D eigenvalue weighted by Gasteiger charge is -2.30. The summed E-state index contributed by atoms with van der Waals surface area (Å²) in [5, 5.41) is 11.2. The molecule has 1 aliphatic heterocycles. The molecule has 25 heavy (non-hydrogen) atoms. The monoisotopic (exact) mass is 355 g/mol. The Hall–Kier alpha value is -2.67. The van der Waals surface area contributed by atoms with Gasteiger partial charge < -0.3 is 10.0 Å². The smallest absolute Gasteiger partial charge is 0.308 e. The number of hydrogen-bond acceptors (Lipinski definition) is 5. The van der Waals surface area contributed by atoms with Gasteiger partial charge in [-0.15, -0.1) is 11.3 Å². The summed E-state index contributed by atoms with van der Waals surface area (Å²) in [6.07, 6.45) is 1.43. The maximum Gasteiger partial charge on any atom is 0.308 e. The molecule has 1 aromatic carbocycles. The molecule has 3 heterocycles. The number of nitrogens with one attached hydrogen (secondary N) is 1. The zero-order valence-electron chi connectivity index (χ0n) is 13.4. The lowest BCUT2D eigenvalue weighted by atomic mass is 9.99. The van der Waals surface area contributed by atoms with Gasteiger partial charge in [0.25, 0.3) is 5.56 Å². The standard InChI is InChI=1S/C18H17N3O3S/c22-16-15-14(13(10-25-15)11-5-2-1-3-6-11)19-18(20-16)21-8-4-7-12(9-21)17(23)24/h1-3,5-6,10,12H,4,7-9H2,(H,23,24)(H,19,20,22)/t12-/m0/s1. The van der Waals surface area contributed by atoms with Gasteiger partial charge in [-0.3, -0.25) is 14.6 Å². The largest absolute Gasteiger partial charge is 0.481 e. The van der Waals surface area contributed by atoms with Crippen molar-refractivity contribution in [2.45, 2.75) is 12.8 Å². The molecular weight excluding hydrogens is 338 g/mol. The fourth-order valence-corrected chi connectivity index (χ4v) is 4.17. The number of piperidine rings is 1. The van der Waals surface area contributed by atoms with Crippen molar-refractivity contribution in [3.8, 4) is 11.1 Å². The first-order chi connectivity index (χ1) is 12.1. The van der Waals surface area contributed by atoms with Crippen molar-refractivity contribution in [1.82, 2.24) is 9.97 Å². The quantitative estimate of drug-likeness (QED) is 0.754. The second-order valence-corrected chi connectivity index (χ2v) is 7.09. The summed E-state index contributed by atoms with van der Waals surface area (Å²) in [7, 11) is 0. The summed E-state index contributed by atoms with van der Waals surface area (Å²) in [4.78, 5) is 33.1. The first-order valence-electron chi connectivity index (χ1n) is 8.18. The molecule has 7 heteroatoms. The Labute approximate surface area is 147 Å². The molecule has 0 aliphatic carbocycles. The molecule has 0 bridgehead atoms. The molecule has 4 rings (SSSR count). The van der Waals surface area contributed by atoms with Crippen LogP contribution in [-0.2, 0) is 4.79 Å². The summed E-state index contributed by atoms with van der Waals surface area (Å²) in [6.45, 7) is 1.07. The average Bonchev–Trinajstić information content (AvgIpc) is 3.07. The number of rotatable bonds is 3. The molecule has 0 saturated carbocycles. The molecule has 0 amide bonds. The third kappa shape index (κ3) is 2.91. The van der Waals surface area contributed by atoms with E-state index >= 15 is 0 Å². The van der Waals surface area contributed by atoms with Crippen molar-refractivity contribution in [1.29, 1.82) is 0 Å². The fraction of sp³-hybridized carbons (Fsp3) is 0.278. The van der Waals surface area contributed by atoms with Crippen LogP contribution < -0.4 is 10.5 Å². The van der Waals surface area contributed by atoms with Gasteiger partial charge in [0.15, 0.2) is 0 Å². The van der Waals surface area contributed by atoms with Crippen LogP contribution in [0.25, 0.3) is 21.3 Å². The van der Waals surface area contributed by atoms with Crippen molar-refractivity contribution >= 4 is 33.5 Å². The van der Waals surface area contributed by atoms with Crippen molar-refractivity contribution in [3.63, 3.8) is 0 Å². The zero-order valence-corrected chi connectivity index (χ0v) is 14.3. The maximum absolute atomic E-state index is 12.5. The van der Waals surface area contributed by atoms with Gasteiger partial charge in [0.1, 0.15) is 4.70 Å². The Bertz CT molecular complexity index is 980. The van der Waals surface area contributed by atoms with Gasteiger partial charge in [-0.1, -0.05) is 30.3 Å². The van der Waals surface area contributed by atoms with Crippen LogP contribution in [0.5, 0.6) is 0 Å². The van der Waals surface area contributed by atoms with Gasteiger partial charge in [0.2, 0.25) is 5.95 Å². The molecule has 0 spiro atoms. The molecule has 3 aromatic rings. The lowest BCUT2D eigenvalue weighted by Crippen LogP contribution is -2.40. The number of carboxylic acid groups (broad SMARTS) is 1. The molecule has 1 atom stereocenters. The highest BCUT2D eigenvalue weighted by molar-refractivity contribution is 7.17. The second-order valence-electron chi connectivity index (χ2n) is 6.21. The number of aliphatic carboxylic acids is 1. The lowest BCUT2D eigenvalue weighted by molar-refractivity contribution is -0.141. The molecule has 128 valence electrons. The van der Waals surface area contributed by atoms with E-state index in [0.717, 1.165) is 17.5 Å². The minimum absolute atomic E-state index is 0.176. The number of hydrogen-bond donors (Lipinski definition) is 2. The van der Waals surface area contributed by atoms with Gasteiger partial charge in [-0.05, 0) is 18.4 Å². The number of aromatic amines is 1. The van der Waals surface area contributed by atoms with E-state index in [1.807, 2.05) is 40.6 Å². The molecule has 1 saturated heterocycles. The number of carbonyl (C=O) groups is 1. The third-order valence-electron chi connectivity index (χ3n) is 4.57. The molecule has 6 nitrogen and oxygen atoms in total. The zero-order chi connectivity index (χ0) is 17.4. The Morgan fingerprint density at radius 1 is 1.32 bits per heavy atom. The van der Waals surface area contributed by atoms with Gasteiger partial charge in [-0.25, -0.2) is 4.98 Å². The summed E-state index contributed by atoms with van der Waals surface area (Å²) >= 11 is 1.38. The van der Waals surface area contributed by atoms with Gasteiger partial charge in [-0.2, -0.15) is 0 Å². The molecule has 2 aromatic heterocycles. The minimum Gasteiger partial charge on any atom is -0.481 e. The molecular formula is C18H17N3O3S. The van der Waals surface area contributed by atoms with Gasteiger partial charge in [0, 0.05) is 24.0 Å². The van der Waals surface area contributed by atoms with E-state index < -0.39 is 11.9 Å². The highest BCUT2D eigenvalue weighted by atomic mass is 32.1. The predicted molar refractivity (Wildman–Crippen MR) is 98.2 cm³/mol. The maximum atomic E-state index is 12.5. The van der Waals surface area contributed by atoms with E-state index in [1.165, 1.54) is 11.3 Å². The van der Waals surface area contributed by atoms with Crippen molar-refractivity contribution < 1.29 is 9.90 Å². The van der Waals surface area contributed by atoms with Crippen molar-refractivity contribution in [2.24, 2.45) is 5.92 Å². The van der Waals surface area contributed by atoms with Crippen LogP contribution in [0.4, 0.5) is 5.95 Å². The second kappa shape index (κ2) is 6.33. The van der Waals surface area contributed by atoms with Gasteiger partial charge >= 0.3 is 5.97 Å². The summed E-state index contributed by atoms with van der Waals surface area (Å²) in [6, 6.07) is 9.84. The van der Waals surface area contributed by atoms with E-state index in [9.17, 15) is 14.7 Å². The summed E-state index contributed by atoms with van der Waals surface area (Å²) < 4.78 is 0.592. The number of thiophene rings is 1. The van der Waals surface area contributed by atoms with E-state index in [2.05, 4.69) is 9.97 Å². The predicted octanol–water partition coefficient (Wildman–Crippen LogP) is 2.95. The molecule has 2 N–H and O–H groups in total. The number of H-pyrrole nitrogens is 1. The van der Waals surface area contributed by atoms with Crippen molar-refractivity contribution in [3.05, 3.63) is 46.1 Å². The fourth-order valence-electron chi connectivity index (χ4n) is 3.26. The third-order valence-corrected chi connectivity index (χ3v) is 5.54. The molecule has 1 aliphatic rings. The van der Waals surface area contributed by atoms with Crippen LogP contribution in [0.1, 0.15) is 12.8 Å².